The van der Waals surface area contributed by atoms with Gasteiger partial charge in [0.2, 0.25) is 0 Å². The van der Waals surface area contributed by atoms with Crippen LogP contribution in [0, 0.1) is 0 Å². The first-order chi connectivity index (χ1) is 11.2. The van der Waals surface area contributed by atoms with Gasteiger partial charge in [-0.15, -0.1) is 0 Å². The van der Waals surface area contributed by atoms with Crippen molar-refractivity contribution in [1.82, 2.24) is 10.2 Å². The van der Waals surface area contributed by atoms with Crippen molar-refractivity contribution in [2.45, 2.75) is 38.8 Å². The van der Waals surface area contributed by atoms with Crippen LogP contribution >= 0.6 is 0 Å². The van der Waals surface area contributed by atoms with Crippen LogP contribution in [0.2, 0.25) is 0 Å². The van der Waals surface area contributed by atoms with E-state index in [1.54, 1.807) is 4.90 Å². The van der Waals surface area contributed by atoms with Gasteiger partial charge in [0.1, 0.15) is 6.61 Å². The smallest absolute Gasteiger partial charge is 0.414 e. The maximum Gasteiger partial charge on any atom is 0.414 e. The summed E-state index contributed by atoms with van der Waals surface area (Å²) in [6.07, 6.45) is 2.48. The molecule has 0 bridgehead atoms. The van der Waals surface area contributed by atoms with Gasteiger partial charge in [0, 0.05) is 30.9 Å². The molecule has 1 saturated heterocycles. The Morgan fingerprint density at radius 3 is 2.65 bits per heavy atom. The molecule has 2 aliphatic rings. The molecular formula is C18H27N3O2. The van der Waals surface area contributed by atoms with Crippen LogP contribution in [0.4, 0.5) is 10.5 Å². The molecule has 1 aromatic rings. The molecule has 1 aromatic carbocycles. The van der Waals surface area contributed by atoms with Crippen molar-refractivity contribution in [3.05, 3.63) is 29.8 Å². The third kappa shape index (κ3) is 4.03. The van der Waals surface area contributed by atoms with Crippen LogP contribution in [0.5, 0.6) is 0 Å². The minimum absolute atomic E-state index is 0.247. The maximum atomic E-state index is 11.6. The number of hydrogen-bond donors (Lipinski definition) is 1. The molecule has 0 radical (unpaired) electrons. The van der Waals surface area contributed by atoms with Gasteiger partial charge in [-0.25, -0.2) is 4.79 Å². The van der Waals surface area contributed by atoms with Crippen LogP contribution in [-0.2, 0) is 4.74 Å². The zero-order valence-corrected chi connectivity index (χ0v) is 14.1. The molecule has 5 nitrogen and oxygen atoms in total. The van der Waals surface area contributed by atoms with Crippen molar-refractivity contribution in [1.29, 1.82) is 0 Å². The third-order valence-electron chi connectivity index (χ3n) is 4.78. The van der Waals surface area contributed by atoms with Crippen LogP contribution in [0.1, 0.15) is 38.3 Å². The van der Waals surface area contributed by atoms with Gasteiger partial charge < -0.3 is 10.1 Å². The predicted octanol–water partition coefficient (Wildman–Crippen LogP) is 2.78. The van der Waals surface area contributed by atoms with E-state index in [4.69, 9.17) is 4.74 Å². The fourth-order valence-electron chi connectivity index (χ4n) is 3.15. The summed E-state index contributed by atoms with van der Waals surface area (Å²) in [6, 6.07) is 9.34. The Labute approximate surface area is 138 Å². The monoisotopic (exact) mass is 317 g/mol. The Kier molecular flexibility index (Phi) is 5.18. The molecule has 1 amide bonds. The molecule has 1 aliphatic heterocycles. The fraction of sp³-hybridized carbons (Fsp3) is 0.611. The summed E-state index contributed by atoms with van der Waals surface area (Å²) in [4.78, 5) is 15.8. The van der Waals surface area contributed by atoms with Crippen molar-refractivity contribution in [3.8, 4) is 0 Å². The molecule has 23 heavy (non-hydrogen) atoms. The zero-order chi connectivity index (χ0) is 16.2. The SMILES string of the molecule is CCN(CCNC(C)c1ccc(N2CCOC2=O)cc1)C1CC1. The van der Waals surface area contributed by atoms with Gasteiger partial charge >= 0.3 is 6.09 Å². The minimum atomic E-state index is -0.247. The number of amides is 1. The highest BCUT2D eigenvalue weighted by atomic mass is 16.6. The average Bonchev–Trinajstić information content (AvgIpc) is 3.32. The number of nitrogens with one attached hydrogen (secondary N) is 1. The highest BCUT2D eigenvalue weighted by Gasteiger charge is 2.27. The Hall–Kier alpha value is -1.59. The van der Waals surface area contributed by atoms with E-state index in [2.05, 4.69) is 36.2 Å². The van der Waals surface area contributed by atoms with E-state index in [0.717, 1.165) is 31.4 Å². The predicted molar refractivity (Wildman–Crippen MR) is 91.8 cm³/mol. The second kappa shape index (κ2) is 7.32. The van der Waals surface area contributed by atoms with Crippen LogP contribution < -0.4 is 10.2 Å². The number of ether oxygens (including phenoxy) is 1. The second-order valence-corrected chi connectivity index (χ2v) is 6.39. The molecule has 0 aromatic heterocycles. The van der Waals surface area contributed by atoms with Gasteiger partial charge in [-0.2, -0.15) is 0 Å². The lowest BCUT2D eigenvalue weighted by Gasteiger charge is -2.22. The number of anilines is 1. The van der Waals surface area contributed by atoms with Crippen LogP contribution in [-0.4, -0.2) is 49.8 Å². The van der Waals surface area contributed by atoms with Gasteiger partial charge in [-0.3, -0.25) is 9.80 Å². The number of hydrogen-bond acceptors (Lipinski definition) is 4. The highest BCUT2D eigenvalue weighted by molar-refractivity contribution is 5.89. The van der Waals surface area contributed by atoms with Crippen molar-refractivity contribution in [3.63, 3.8) is 0 Å². The molecule has 126 valence electrons. The summed E-state index contributed by atoms with van der Waals surface area (Å²) in [7, 11) is 0. The summed E-state index contributed by atoms with van der Waals surface area (Å²) in [5, 5.41) is 3.60. The lowest BCUT2D eigenvalue weighted by molar-refractivity contribution is 0.181. The summed E-state index contributed by atoms with van der Waals surface area (Å²) in [5.74, 6) is 0. The van der Waals surface area contributed by atoms with Crippen molar-refractivity contribution < 1.29 is 9.53 Å². The molecule has 2 fully saturated rings. The van der Waals surface area contributed by atoms with Gasteiger partial charge in [0.25, 0.3) is 0 Å². The van der Waals surface area contributed by atoms with Crippen molar-refractivity contribution in [2.24, 2.45) is 0 Å². The molecule has 1 aliphatic carbocycles. The van der Waals surface area contributed by atoms with Gasteiger partial charge in [-0.05, 0) is 44.0 Å². The molecule has 1 saturated carbocycles. The Morgan fingerprint density at radius 2 is 2.09 bits per heavy atom. The van der Waals surface area contributed by atoms with Gasteiger partial charge in [0.05, 0.1) is 6.54 Å². The zero-order valence-electron chi connectivity index (χ0n) is 14.1. The van der Waals surface area contributed by atoms with E-state index in [1.165, 1.54) is 18.4 Å². The van der Waals surface area contributed by atoms with Crippen molar-refractivity contribution in [2.75, 3.05) is 37.7 Å². The van der Waals surface area contributed by atoms with Crippen LogP contribution in [0.3, 0.4) is 0 Å². The number of rotatable bonds is 8. The topological polar surface area (TPSA) is 44.8 Å². The number of carbonyl (C=O) groups is 1. The first-order valence-electron chi connectivity index (χ1n) is 8.70. The van der Waals surface area contributed by atoms with E-state index in [-0.39, 0.29) is 6.09 Å². The van der Waals surface area contributed by atoms with E-state index >= 15 is 0 Å². The molecule has 1 N–H and O–H groups in total. The lowest BCUT2D eigenvalue weighted by Crippen LogP contribution is -2.34. The highest BCUT2D eigenvalue weighted by Crippen LogP contribution is 2.26. The summed E-state index contributed by atoms with van der Waals surface area (Å²) in [6.45, 7) is 8.81. The number of likely N-dealkylation sites (N-methyl/N-ethyl adjacent to an activating group) is 1. The number of carbonyl (C=O) groups excluding carboxylic acids is 1. The number of benzene rings is 1. The van der Waals surface area contributed by atoms with Gasteiger partial charge in [0.15, 0.2) is 0 Å². The Balaban J connectivity index is 1.49. The van der Waals surface area contributed by atoms with E-state index < -0.39 is 0 Å². The molecule has 1 heterocycles. The molecule has 1 unspecified atom stereocenters. The normalized spacial score (nSPS) is 19.3. The third-order valence-corrected chi connectivity index (χ3v) is 4.78. The quantitative estimate of drug-likeness (QED) is 0.801. The standard InChI is InChI=1S/C18H27N3O2/c1-3-20(16-8-9-16)11-10-19-14(2)15-4-6-17(7-5-15)21-12-13-23-18(21)22/h4-7,14,16,19H,3,8-13H2,1-2H3. The lowest BCUT2D eigenvalue weighted by atomic mass is 10.1. The summed E-state index contributed by atoms with van der Waals surface area (Å²) >= 11 is 0. The van der Waals surface area contributed by atoms with Crippen LogP contribution in [0.25, 0.3) is 0 Å². The number of cyclic esters (lactones) is 1. The minimum Gasteiger partial charge on any atom is -0.447 e. The second-order valence-electron chi connectivity index (χ2n) is 6.39. The fourth-order valence-corrected chi connectivity index (χ4v) is 3.15. The molecule has 1 atom stereocenters. The maximum absolute atomic E-state index is 11.6. The van der Waals surface area contributed by atoms with E-state index in [1.807, 2.05) is 12.1 Å². The average molecular weight is 317 g/mol. The first-order valence-corrected chi connectivity index (χ1v) is 8.70. The summed E-state index contributed by atoms with van der Waals surface area (Å²) < 4.78 is 4.98. The van der Waals surface area contributed by atoms with Gasteiger partial charge in [-0.1, -0.05) is 19.1 Å². The molecule has 0 spiro atoms. The van der Waals surface area contributed by atoms with Crippen molar-refractivity contribution >= 4 is 11.8 Å². The Bertz CT molecular complexity index is 528. The number of nitrogens with zero attached hydrogens (tertiary/aromatic N) is 2. The molecule has 5 heteroatoms. The van der Waals surface area contributed by atoms with E-state index in [0.29, 0.717) is 19.2 Å². The molecule has 3 rings (SSSR count). The Morgan fingerprint density at radius 1 is 1.35 bits per heavy atom. The first kappa shape index (κ1) is 16.3. The largest absolute Gasteiger partial charge is 0.447 e. The molecular weight excluding hydrogens is 290 g/mol. The summed E-state index contributed by atoms with van der Waals surface area (Å²) in [5.41, 5.74) is 2.16. The van der Waals surface area contributed by atoms with E-state index in [9.17, 15) is 4.79 Å². The van der Waals surface area contributed by atoms with Crippen LogP contribution in [0.15, 0.2) is 24.3 Å².